The van der Waals surface area contributed by atoms with Crippen molar-refractivity contribution in [2.24, 2.45) is 5.73 Å². The second-order valence-electron chi connectivity index (χ2n) is 0.167. The Morgan fingerprint density at radius 2 is 1.75 bits per heavy atom. The van der Waals surface area contributed by atoms with Crippen molar-refractivity contribution in [3.8, 4) is 0 Å². The van der Waals surface area contributed by atoms with Gasteiger partial charge >= 0.3 is 27.3 Å². The van der Waals surface area contributed by atoms with Crippen LogP contribution in [0.1, 0.15) is 0 Å². The average molecular weight is 253 g/mol. The molecule has 2 radical (unpaired) electrons. The summed E-state index contributed by atoms with van der Waals surface area (Å²) in [5.74, 6) is 0. The zero-order chi connectivity index (χ0) is 2.71. The second kappa shape index (κ2) is 10.0. The summed E-state index contributed by atoms with van der Waals surface area (Å²) in [4.78, 5) is 0. The van der Waals surface area contributed by atoms with E-state index in [1.54, 1.807) is 0 Å². The fourth-order valence-electron chi connectivity index (χ4n) is 0. The summed E-state index contributed by atoms with van der Waals surface area (Å²) in [6.45, 7) is 0. The molecule has 0 aromatic carbocycles. The molecule has 0 aromatic rings. The van der Waals surface area contributed by atoms with E-state index in [1.807, 2.05) is 0 Å². The van der Waals surface area contributed by atoms with Gasteiger partial charge in [-0.05, 0) is 0 Å². The molecule has 0 rings (SSSR count). The first-order valence-corrected chi connectivity index (χ1v) is 0.622. The van der Waals surface area contributed by atoms with Crippen LogP contribution in [0.15, 0.2) is 0 Å². The van der Waals surface area contributed by atoms with E-state index in [0.717, 1.165) is 6.34 Å². The molecule has 0 aromatic heterocycles. The first kappa shape index (κ1) is 8.83. The Morgan fingerprint density at radius 3 is 1.75 bits per heavy atom. The second-order valence-corrected chi connectivity index (χ2v) is 0.167. The molecule has 3 heteroatoms. The zero-order valence-corrected chi connectivity index (χ0v) is 7.86. The zero-order valence-electron chi connectivity index (χ0n) is 2.36. The van der Waals surface area contributed by atoms with E-state index in [0.29, 0.717) is 0 Å². The van der Waals surface area contributed by atoms with Gasteiger partial charge in [-0.15, -0.1) is 0 Å². The molecule has 0 saturated carbocycles. The fourth-order valence-corrected chi connectivity index (χ4v) is 0. The van der Waals surface area contributed by atoms with Crippen molar-refractivity contribution < 1.29 is 0 Å². The molecule has 0 unspecified atom stereocenters. The van der Waals surface area contributed by atoms with Crippen LogP contribution in [-0.2, 0) is 0 Å². The number of nitrogens with two attached hydrogens (primary N) is 1. The van der Waals surface area contributed by atoms with Crippen molar-refractivity contribution in [2.75, 3.05) is 0 Å². The molecule has 0 atom stereocenters. The summed E-state index contributed by atoms with van der Waals surface area (Å²) in [7, 11) is 0. The number of hydrogen-bond donors (Lipinski definition) is 2. The third-order valence-electron chi connectivity index (χ3n) is 0. The predicted octanol–water partition coefficient (Wildman–Crippen LogP) is -1.36. The van der Waals surface area contributed by atoms with Gasteiger partial charge in [0.1, 0.15) is 0 Å². The quantitative estimate of drug-likeness (QED) is 0.312. The molecule has 0 aliphatic carbocycles. The monoisotopic (exact) mass is 254 g/mol. The van der Waals surface area contributed by atoms with E-state index in [9.17, 15) is 0 Å². The van der Waals surface area contributed by atoms with Crippen LogP contribution in [0, 0.1) is 5.41 Å². The van der Waals surface area contributed by atoms with E-state index in [4.69, 9.17) is 5.41 Å². The third kappa shape index (κ3) is 30.2. The molecule has 0 heterocycles. The van der Waals surface area contributed by atoms with Crippen LogP contribution in [0.25, 0.3) is 0 Å². The Balaban J connectivity index is 0. The summed E-state index contributed by atoms with van der Waals surface area (Å²) >= 11 is 0. The van der Waals surface area contributed by atoms with Gasteiger partial charge in [-0.25, -0.2) is 0 Å². The third-order valence-corrected chi connectivity index (χ3v) is 0. The molecule has 0 fully saturated rings. The first-order chi connectivity index (χ1) is 1.41. The maximum atomic E-state index is 5.86. The molecule has 0 aliphatic rings. The Labute approximate surface area is 45.0 Å². The van der Waals surface area contributed by atoms with E-state index in [-0.39, 0.29) is 27.3 Å². The van der Waals surface area contributed by atoms with Gasteiger partial charge in [-0.2, -0.15) is 0 Å². The van der Waals surface area contributed by atoms with Gasteiger partial charge in [0, 0.05) is 0 Å². The SMILES string of the molecule is N=CN.[PbH2]. The summed E-state index contributed by atoms with van der Waals surface area (Å²) in [6, 6.07) is 0. The van der Waals surface area contributed by atoms with E-state index in [1.165, 1.54) is 0 Å². The maximum absolute atomic E-state index is 5.86. The first-order valence-electron chi connectivity index (χ1n) is 0.622. The van der Waals surface area contributed by atoms with Gasteiger partial charge < -0.3 is 5.73 Å². The van der Waals surface area contributed by atoms with Crippen molar-refractivity contribution in [2.45, 2.75) is 0 Å². The van der Waals surface area contributed by atoms with Crippen LogP contribution in [0.4, 0.5) is 0 Å². The van der Waals surface area contributed by atoms with Gasteiger partial charge in [0.25, 0.3) is 0 Å². The molecule has 2 nitrogen and oxygen atoms in total. The molecule has 24 valence electrons. The van der Waals surface area contributed by atoms with Gasteiger partial charge in [-0.3, -0.25) is 5.41 Å². The molecule has 0 spiro atoms. The minimum atomic E-state index is 0. The minimum absolute atomic E-state index is 0. The molecule has 0 saturated heterocycles. The van der Waals surface area contributed by atoms with Crippen LogP contribution < -0.4 is 5.73 Å². The fraction of sp³-hybridized carbons (Fsp3) is 0. The summed E-state index contributed by atoms with van der Waals surface area (Å²) in [6.07, 6.45) is 0.750. The Kier molecular flexibility index (Phi) is 22.1. The van der Waals surface area contributed by atoms with Crippen molar-refractivity contribution in [3.63, 3.8) is 0 Å². The van der Waals surface area contributed by atoms with Gasteiger partial charge in [0.15, 0.2) is 0 Å². The Morgan fingerprint density at radius 1 is 1.75 bits per heavy atom. The molecule has 0 aliphatic heterocycles. The van der Waals surface area contributed by atoms with Gasteiger partial charge in [0.2, 0.25) is 0 Å². The number of rotatable bonds is 0. The number of hydrogen-bond acceptors (Lipinski definition) is 1. The van der Waals surface area contributed by atoms with Crippen molar-refractivity contribution in [1.29, 1.82) is 5.41 Å². The van der Waals surface area contributed by atoms with Crippen LogP contribution in [0.2, 0.25) is 0 Å². The summed E-state index contributed by atoms with van der Waals surface area (Å²) in [5, 5.41) is 5.86. The van der Waals surface area contributed by atoms with Crippen molar-refractivity contribution in [1.82, 2.24) is 0 Å². The van der Waals surface area contributed by atoms with E-state index in [2.05, 4.69) is 5.73 Å². The molecule has 0 bridgehead atoms. The van der Waals surface area contributed by atoms with E-state index < -0.39 is 0 Å². The molecule has 4 heavy (non-hydrogen) atoms. The molecular weight excluding hydrogens is 247 g/mol. The normalized spacial score (nSPS) is 3.00. The summed E-state index contributed by atoms with van der Waals surface area (Å²) < 4.78 is 0. The van der Waals surface area contributed by atoms with Gasteiger partial charge in [0.05, 0.1) is 6.34 Å². The van der Waals surface area contributed by atoms with Crippen molar-refractivity contribution in [3.05, 3.63) is 0 Å². The molecule has 3 N–H and O–H groups in total. The molecule has 0 amide bonds. The molecular formula is CH6N2Pb. The summed E-state index contributed by atoms with van der Waals surface area (Å²) in [5.41, 5.74) is 4.39. The van der Waals surface area contributed by atoms with Crippen LogP contribution >= 0.6 is 0 Å². The van der Waals surface area contributed by atoms with Gasteiger partial charge in [-0.1, -0.05) is 0 Å². The Bertz CT molecular complexity index is 13.5. The van der Waals surface area contributed by atoms with Crippen LogP contribution in [-0.4, -0.2) is 33.6 Å². The predicted molar refractivity (Wildman–Crippen MR) is 21.5 cm³/mol. The van der Waals surface area contributed by atoms with Crippen molar-refractivity contribution >= 4 is 33.6 Å². The van der Waals surface area contributed by atoms with Crippen LogP contribution in [0.5, 0.6) is 0 Å². The number of nitrogens with one attached hydrogen (secondary N) is 1. The topological polar surface area (TPSA) is 49.9 Å². The van der Waals surface area contributed by atoms with E-state index >= 15 is 0 Å². The Hall–Kier alpha value is 0.392. The standard InChI is InChI=1S/CH4N2.Pb.2H/c2-1-3;;;/h1H,(H3,2,3);;;. The average Bonchev–Trinajstić information content (AvgIpc) is 0.918. The van der Waals surface area contributed by atoms with Crippen LogP contribution in [0.3, 0.4) is 0 Å².